The highest BCUT2D eigenvalue weighted by Gasteiger charge is 2.33. The second-order valence-electron chi connectivity index (χ2n) is 10.6. The van der Waals surface area contributed by atoms with Gasteiger partial charge in [-0.2, -0.15) is 0 Å². The van der Waals surface area contributed by atoms with Gasteiger partial charge in [-0.1, -0.05) is 60.1 Å². The highest BCUT2D eigenvalue weighted by molar-refractivity contribution is 7.21. The number of fused-ring (bicyclic) bond motifs is 1. The van der Waals surface area contributed by atoms with E-state index in [0.29, 0.717) is 28.6 Å². The lowest BCUT2D eigenvalue weighted by atomic mass is 9.89. The van der Waals surface area contributed by atoms with E-state index in [0.717, 1.165) is 58.2 Å². The molecule has 1 aliphatic carbocycles. The van der Waals surface area contributed by atoms with Gasteiger partial charge in [0.25, 0.3) is 5.91 Å². The summed E-state index contributed by atoms with van der Waals surface area (Å²) in [6.07, 6.45) is 3.53. The van der Waals surface area contributed by atoms with Crippen LogP contribution in [-0.2, 0) is 6.54 Å². The smallest absolute Gasteiger partial charge is 0.266 e. The molecule has 214 valence electrons. The quantitative estimate of drug-likeness (QED) is 0.141. The topological polar surface area (TPSA) is 49.9 Å². The van der Waals surface area contributed by atoms with Crippen molar-refractivity contribution >= 4 is 56.5 Å². The molecule has 1 saturated carbocycles. The third-order valence-corrected chi connectivity index (χ3v) is 9.87. The molecule has 0 radical (unpaired) electrons. The monoisotopic (exact) mass is 608 g/mol. The predicted octanol–water partition coefficient (Wildman–Crippen LogP) is 8.86. The highest BCUT2D eigenvalue weighted by atomic mass is 35.5. The first-order valence-corrected chi connectivity index (χ1v) is 15.5. The minimum Gasteiger partial charge on any atom is -0.494 e. The van der Waals surface area contributed by atoms with Crippen molar-refractivity contribution < 1.29 is 14.3 Å². The van der Waals surface area contributed by atoms with Gasteiger partial charge >= 0.3 is 0 Å². The zero-order chi connectivity index (χ0) is 29.1. The van der Waals surface area contributed by atoms with Crippen molar-refractivity contribution in [3.05, 3.63) is 87.8 Å². The Morgan fingerprint density at radius 2 is 1.61 bits per heavy atom. The van der Waals surface area contributed by atoms with Crippen LogP contribution in [0.5, 0.6) is 5.75 Å². The molecule has 4 aromatic rings. The third kappa shape index (κ3) is 6.46. The summed E-state index contributed by atoms with van der Waals surface area (Å²) in [6.45, 7) is 4.44. The van der Waals surface area contributed by atoms with Crippen LogP contribution in [0.4, 0.5) is 0 Å². The number of Topliss-reactive ketones (excluding diaryl/α,β-unsaturated/α-hetero) is 1. The van der Waals surface area contributed by atoms with E-state index in [-0.39, 0.29) is 23.8 Å². The zero-order valence-electron chi connectivity index (χ0n) is 23.5. The molecule has 0 atom stereocenters. The Hall–Kier alpha value is -2.90. The van der Waals surface area contributed by atoms with E-state index < -0.39 is 0 Å². The molecule has 0 saturated heterocycles. The lowest BCUT2D eigenvalue weighted by molar-refractivity contribution is 0.0588. The summed E-state index contributed by atoms with van der Waals surface area (Å²) in [6, 6.07) is 21.9. The summed E-state index contributed by atoms with van der Waals surface area (Å²) in [4.78, 5) is 28.7. The molecule has 3 aromatic carbocycles. The molecule has 0 aliphatic heterocycles. The SMILES string of the molecule is CCOc1ccc(-c2ccc(C(C)=O)cc2)cc1CN(C(=O)c1sc2ccccc2c1Cl)[C@H]1CC[C@H](N(C)Cl)CC1. The Labute approximate surface area is 255 Å². The van der Waals surface area contributed by atoms with Gasteiger partial charge in [-0.15, -0.1) is 11.3 Å². The van der Waals surface area contributed by atoms with Crippen LogP contribution in [0.15, 0.2) is 66.7 Å². The van der Waals surface area contributed by atoms with Gasteiger partial charge in [0.05, 0.1) is 11.6 Å². The van der Waals surface area contributed by atoms with Crippen molar-refractivity contribution in [1.82, 2.24) is 9.32 Å². The lowest BCUT2D eigenvalue weighted by Gasteiger charge is -2.38. The first-order valence-electron chi connectivity index (χ1n) is 14.0. The number of nitrogens with zero attached hydrogens (tertiary/aromatic N) is 2. The summed E-state index contributed by atoms with van der Waals surface area (Å²) < 4.78 is 8.80. The molecule has 5 nitrogen and oxygen atoms in total. The Bertz CT molecular complexity index is 1540. The minimum absolute atomic E-state index is 0.0352. The molecular formula is C33H34Cl2N2O3S. The van der Waals surface area contributed by atoms with Crippen LogP contribution in [0.2, 0.25) is 5.02 Å². The van der Waals surface area contributed by atoms with Crippen molar-refractivity contribution in [2.24, 2.45) is 0 Å². The van der Waals surface area contributed by atoms with E-state index in [1.807, 2.05) is 79.5 Å². The number of thiophene rings is 1. The van der Waals surface area contributed by atoms with Crippen molar-refractivity contribution in [1.29, 1.82) is 0 Å². The molecular weight excluding hydrogens is 575 g/mol. The molecule has 0 unspecified atom stereocenters. The largest absolute Gasteiger partial charge is 0.494 e. The van der Waals surface area contributed by atoms with Gasteiger partial charge in [0.15, 0.2) is 5.78 Å². The van der Waals surface area contributed by atoms with Gasteiger partial charge in [0, 0.05) is 46.9 Å². The van der Waals surface area contributed by atoms with Crippen molar-refractivity contribution in [3.63, 3.8) is 0 Å². The number of amides is 1. The van der Waals surface area contributed by atoms with Gasteiger partial charge in [-0.05, 0) is 80.6 Å². The van der Waals surface area contributed by atoms with E-state index >= 15 is 0 Å². The minimum atomic E-state index is -0.0578. The Kier molecular flexibility index (Phi) is 9.35. The van der Waals surface area contributed by atoms with Crippen LogP contribution in [-0.4, -0.2) is 46.7 Å². The van der Waals surface area contributed by atoms with Gasteiger partial charge in [0.1, 0.15) is 10.6 Å². The Balaban J connectivity index is 1.52. The number of carbonyl (C=O) groups excluding carboxylic acids is 2. The fourth-order valence-corrected chi connectivity index (χ4v) is 7.30. The third-order valence-electron chi connectivity index (χ3n) is 7.93. The molecule has 41 heavy (non-hydrogen) atoms. The van der Waals surface area contributed by atoms with Crippen LogP contribution in [0.1, 0.15) is 65.1 Å². The van der Waals surface area contributed by atoms with Gasteiger partial charge in [0.2, 0.25) is 0 Å². The van der Waals surface area contributed by atoms with Crippen molar-refractivity contribution in [3.8, 4) is 16.9 Å². The first-order chi connectivity index (χ1) is 19.8. The maximum absolute atomic E-state index is 14.3. The summed E-state index contributed by atoms with van der Waals surface area (Å²) in [7, 11) is 1.90. The number of halogens is 2. The second-order valence-corrected chi connectivity index (χ2v) is 12.5. The van der Waals surface area contributed by atoms with Crippen LogP contribution >= 0.6 is 34.7 Å². The van der Waals surface area contributed by atoms with Crippen molar-refractivity contribution in [2.75, 3.05) is 13.7 Å². The summed E-state index contributed by atoms with van der Waals surface area (Å²) in [5.74, 6) is 0.733. The molecule has 1 amide bonds. The molecule has 5 rings (SSSR count). The number of carbonyl (C=O) groups is 2. The molecule has 0 bridgehead atoms. The fraction of sp³-hybridized carbons (Fsp3) is 0.333. The van der Waals surface area contributed by atoms with Gasteiger partial charge in [-0.25, -0.2) is 4.42 Å². The van der Waals surface area contributed by atoms with E-state index in [1.54, 1.807) is 11.3 Å². The Morgan fingerprint density at radius 3 is 2.24 bits per heavy atom. The van der Waals surface area contributed by atoms with E-state index in [1.165, 1.54) is 11.3 Å². The summed E-state index contributed by atoms with van der Waals surface area (Å²) in [5.41, 5.74) is 3.60. The molecule has 0 spiro atoms. The van der Waals surface area contributed by atoms with Crippen LogP contribution < -0.4 is 4.74 Å². The number of rotatable bonds is 9. The second kappa shape index (κ2) is 13.0. The number of hydrogen-bond donors (Lipinski definition) is 0. The molecule has 0 N–H and O–H groups in total. The fourth-order valence-electron chi connectivity index (χ4n) is 5.63. The maximum Gasteiger partial charge on any atom is 0.266 e. The summed E-state index contributed by atoms with van der Waals surface area (Å²) in [5, 5.41) is 1.42. The average molecular weight is 610 g/mol. The first kappa shape index (κ1) is 29.6. The van der Waals surface area contributed by atoms with E-state index in [2.05, 4.69) is 6.07 Å². The van der Waals surface area contributed by atoms with Gasteiger partial charge in [-0.3, -0.25) is 9.59 Å². The molecule has 1 aromatic heterocycles. The lowest BCUT2D eigenvalue weighted by Crippen LogP contribution is -2.44. The molecule has 8 heteroatoms. The van der Waals surface area contributed by atoms with Crippen molar-refractivity contribution in [2.45, 2.75) is 58.2 Å². The van der Waals surface area contributed by atoms with Crippen LogP contribution in [0.25, 0.3) is 21.2 Å². The number of benzene rings is 3. The van der Waals surface area contributed by atoms with Crippen LogP contribution in [0.3, 0.4) is 0 Å². The average Bonchev–Trinajstić information content (AvgIpc) is 3.32. The normalized spacial score (nSPS) is 17.1. The zero-order valence-corrected chi connectivity index (χ0v) is 25.9. The Morgan fingerprint density at radius 1 is 0.951 bits per heavy atom. The maximum atomic E-state index is 14.3. The molecule has 1 fully saturated rings. The van der Waals surface area contributed by atoms with Crippen LogP contribution in [0, 0.1) is 0 Å². The molecule has 1 aliphatic rings. The highest BCUT2D eigenvalue weighted by Crippen LogP contribution is 2.39. The predicted molar refractivity (Wildman–Crippen MR) is 169 cm³/mol. The number of hydrogen-bond acceptors (Lipinski definition) is 5. The van der Waals surface area contributed by atoms with E-state index in [4.69, 9.17) is 28.1 Å². The summed E-state index contributed by atoms with van der Waals surface area (Å²) >= 11 is 14.6. The number of ether oxygens (including phenoxy) is 1. The van der Waals surface area contributed by atoms with E-state index in [9.17, 15) is 9.59 Å². The standard InChI is InChI=1S/C33H34Cl2N2O3S/c1-4-40-29-18-13-24(23-11-9-22(10-12-23)21(2)38)19-25(29)20-37(27-16-14-26(15-17-27)36(3)35)33(39)32-31(34)28-7-5-6-8-30(28)41-32/h5-13,18-19,26-27H,4,14-17,20H2,1-3H3/t26-,27-. The van der Waals surface area contributed by atoms with Gasteiger partial charge < -0.3 is 9.64 Å². The number of ketones is 1. The molecule has 1 heterocycles.